The smallest absolute Gasteiger partial charge is 0.146 e. The first kappa shape index (κ1) is 22.0. The number of nitrogens with two attached hydrogens (primary N) is 1. The lowest BCUT2D eigenvalue weighted by Crippen LogP contribution is -3.19. The summed E-state index contributed by atoms with van der Waals surface area (Å²) in [6, 6.07) is 20.5. The Morgan fingerprint density at radius 3 is 2.00 bits per heavy atom. The zero-order chi connectivity index (χ0) is 20.5. The van der Waals surface area contributed by atoms with Crippen molar-refractivity contribution in [2.24, 2.45) is 0 Å². The van der Waals surface area contributed by atoms with Gasteiger partial charge in [0, 0.05) is 12.8 Å². The fraction of sp³-hybridized carbons (Fsp3) is 0.520. The topological polar surface area (TPSA) is 50.5 Å². The molecule has 3 rings (SSSR count). The molecule has 0 radical (unpaired) electrons. The highest BCUT2D eigenvalue weighted by atomic mass is 16.5. The molecule has 0 heterocycles. The fourth-order valence-electron chi connectivity index (χ4n) is 4.60. The molecule has 0 spiro atoms. The van der Waals surface area contributed by atoms with Gasteiger partial charge in [0.05, 0.1) is 20.7 Å². The summed E-state index contributed by atoms with van der Waals surface area (Å²) in [4.78, 5) is 1.55. The molecule has 0 unspecified atom stereocenters. The lowest BCUT2D eigenvalue weighted by Gasteiger charge is -2.38. The van der Waals surface area contributed by atoms with Crippen LogP contribution in [0.25, 0.3) is 0 Å². The van der Waals surface area contributed by atoms with Crippen LogP contribution in [0.4, 0.5) is 0 Å². The molecule has 2 aromatic carbocycles. The van der Waals surface area contributed by atoms with E-state index in [9.17, 15) is 5.11 Å². The van der Waals surface area contributed by atoms with E-state index in [2.05, 4.69) is 43.7 Å². The van der Waals surface area contributed by atoms with Gasteiger partial charge in [-0.15, -0.1) is 0 Å². The quantitative estimate of drug-likeness (QED) is 0.569. The zero-order valence-corrected chi connectivity index (χ0v) is 18.0. The normalized spacial score (nSPS) is 17.6. The molecular weight excluding hydrogens is 360 g/mol. The maximum Gasteiger partial charge on any atom is 0.146 e. The maximum atomic E-state index is 10.6. The third kappa shape index (κ3) is 6.13. The van der Waals surface area contributed by atoms with E-state index in [1.807, 2.05) is 36.4 Å². The monoisotopic (exact) mass is 398 g/mol. The van der Waals surface area contributed by atoms with E-state index in [0.717, 1.165) is 17.7 Å². The maximum absolute atomic E-state index is 10.6. The van der Waals surface area contributed by atoms with E-state index in [1.54, 1.807) is 4.90 Å². The number of nitrogens with one attached hydrogen (secondary N) is 1. The highest BCUT2D eigenvalue weighted by Gasteiger charge is 2.39. The van der Waals surface area contributed by atoms with Gasteiger partial charge in [-0.2, -0.15) is 0 Å². The number of quaternary nitrogens is 2. The number of hydrogen-bond donors (Lipinski definition) is 3. The Labute approximate surface area is 175 Å². The van der Waals surface area contributed by atoms with Crippen LogP contribution in [-0.2, 0) is 4.74 Å². The molecule has 0 amide bonds. The Morgan fingerprint density at radius 2 is 1.48 bits per heavy atom. The van der Waals surface area contributed by atoms with Crippen molar-refractivity contribution in [1.82, 2.24) is 0 Å². The summed E-state index contributed by atoms with van der Waals surface area (Å²) >= 11 is 0. The second-order valence-corrected chi connectivity index (χ2v) is 8.76. The highest BCUT2D eigenvalue weighted by Crippen LogP contribution is 2.26. The van der Waals surface area contributed by atoms with Crippen LogP contribution < -0.4 is 10.2 Å². The van der Waals surface area contributed by atoms with Gasteiger partial charge < -0.3 is 20.1 Å². The number of likely N-dealkylation sites (N-methyl/N-ethyl adjacent to an activating group) is 1. The molecule has 0 aliphatic heterocycles. The van der Waals surface area contributed by atoms with Crippen LogP contribution in [0.5, 0.6) is 0 Å². The van der Waals surface area contributed by atoms with E-state index in [0.29, 0.717) is 18.7 Å². The van der Waals surface area contributed by atoms with Crippen molar-refractivity contribution < 1.29 is 20.1 Å². The van der Waals surface area contributed by atoms with Crippen molar-refractivity contribution in [2.45, 2.75) is 49.9 Å². The van der Waals surface area contributed by atoms with Crippen LogP contribution in [0, 0.1) is 0 Å². The Bertz CT molecular complexity index is 660. The number of aliphatic hydroxyl groups is 1. The Balaban J connectivity index is 1.53. The van der Waals surface area contributed by atoms with Crippen molar-refractivity contribution in [3.63, 3.8) is 0 Å². The first-order valence-electron chi connectivity index (χ1n) is 11.1. The van der Waals surface area contributed by atoms with E-state index in [1.165, 1.54) is 32.1 Å². The molecule has 29 heavy (non-hydrogen) atoms. The van der Waals surface area contributed by atoms with E-state index in [-0.39, 0.29) is 6.10 Å². The number of hydrogen-bond acceptors (Lipinski definition) is 2. The second-order valence-electron chi connectivity index (χ2n) is 8.76. The van der Waals surface area contributed by atoms with Crippen molar-refractivity contribution in [3.8, 4) is 0 Å². The van der Waals surface area contributed by atoms with Gasteiger partial charge in [0.25, 0.3) is 0 Å². The van der Waals surface area contributed by atoms with Gasteiger partial charge in [-0.25, -0.2) is 0 Å². The number of benzene rings is 2. The molecule has 1 aliphatic carbocycles. The van der Waals surface area contributed by atoms with Gasteiger partial charge in [0.1, 0.15) is 30.8 Å². The second kappa shape index (κ2) is 10.9. The minimum atomic E-state index is -0.470. The predicted octanol–water partition coefficient (Wildman–Crippen LogP) is 1.56. The summed E-state index contributed by atoms with van der Waals surface area (Å²) in [6.07, 6.45) is 6.00. The minimum Gasteiger partial charge on any atom is -0.385 e. The number of ether oxygens (including phenoxy) is 1. The minimum absolute atomic E-state index is 0.150. The Hall–Kier alpha value is -1.72. The van der Waals surface area contributed by atoms with Gasteiger partial charge in [-0.3, -0.25) is 0 Å². The standard InChI is InChI=1S/C25H36N2O2/c1-27(2)25(16-10-5-11-17-25)20-26-18-23(28)19-29-24(21-12-6-3-7-13-21)22-14-8-4-9-15-22/h3-4,6-9,12-15,23-24,26,28H,5,10-11,16-20H2,1-2H3/p+2/t23-/m1/s1. The molecular formula is C25H38N2O2+2. The molecule has 4 heteroatoms. The molecule has 1 aliphatic rings. The van der Waals surface area contributed by atoms with Crippen molar-refractivity contribution in [2.75, 3.05) is 33.8 Å². The Morgan fingerprint density at radius 1 is 0.931 bits per heavy atom. The summed E-state index contributed by atoms with van der Waals surface area (Å²) in [7, 11) is 4.56. The first-order chi connectivity index (χ1) is 14.1. The van der Waals surface area contributed by atoms with Crippen LogP contribution in [0.2, 0.25) is 0 Å². The fourth-order valence-corrected chi connectivity index (χ4v) is 4.60. The van der Waals surface area contributed by atoms with E-state index in [4.69, 9.17) is 4.74 Å². The summed E-state index contributed by atoms with van der Waals surface area (Å²) in [5.41, 5.74) is 2.59. The van der Waals surface area contributed by atoms with Gasteiger partial charge in [-0.05, 0) is 24.0 Å². The molecule has 2 aromatic rings. The van der Waals surface area contributed by atoms with E-state index >= 15 is 0 Å². The molecule has 4 nitrogen and oxygen atoms in total. The van der Waals surface area contributed by atoms with Crippen LogP contribution in [0.15, 0.2) is 60.7 Å². The van der Waals surface area contributed by atoms with Crippen LogP contribution in [-0.4, -0.2) is 50.5 Å². The molecule has 158 valence electrons. The van der Waals surface area contributed by atoms with Crippen molar-refractivity contribution in [3.05, 3.63) is 71.8 Å². The van der Waals surface area contributed by atoms with Gasteiger partial charge >= 0.3 is 0 Å². The average molecular weight is 399 g/mol. The van der Waals surface area contributed by atoms with Gasteiger partial charge in [0.15, 0.2) is 0 Å². The number of rotatable bonds is 10. The third-order valence-corrected chi connectivity index (χ3v) is 6.51. The molecule has 1 saturated carbocycles. The zero-order valence-electron chi connectivity index (χ0n) is 18.0. The van der Waals surface area contributed by atoms with Crippen LogP contribution in [0.1, 0.15) is 49.3 Å². The highest BCUT2D eigenvalue weighted by molar-refractivity contribution is 5.29. The van der Waals surface area contributed by atoms with Crippen molar-refractivity contribution in [1.29, 1.82) is 0 Å². The number of aliphatic hydroxyl groups excluding tert-OH is 1. The SMILES string of the molecule is C[NH+](C)C1(C[NH2+]C[C@@H](O)COC(c2ccccc2)c2ccccc2)CCCCC1. The lowest BCUT2D eigenvalue weighted by atomic mass is 9.80. The largest absolute Gasteiger partial charge is 0.385 e. The summed E-state index contributed by atoms with van der Waals surface area (Å²) in [5, 5.41) is 12.9. The molecule has 4 N–H and O–H groups in total. The van der Waals surface area contributed by atoms with Gasteiger partial charge in [-0.1, -0.05) is 67.1 Å². The van der Waals surface area contributed by atoms with Crippen molar-refractivity contribution >= 4 is 0 Å². The lowest BCUT2D eigenvalue weighted by molar-refractivity contribution is -0.934. The Kier molecular flexibility index (Phi) is 8.25. The summed E-state index contributed by atoms with van der Waals surface area (Å²) < 4.78 is 6.22. The summed E-state index contributed by atoms with van der Waals surface area (Å²) in [5.74, 6) is 0. The van der Waals surface area contributed by atoms with Crippen LogP contribution in [0.3, 0.4) is 0 Å². The average Bonchev–Trinajstić information content (AvgIpc) is 2.76. The van der Waals surface area contributed by atoms with Crippen LogP contribution >= 0.6 is 0 Å². The molecule has 0 saturated heterocycles. The van der Waals surface area contributed by atoms with E-state index < -0.39 is 6.10 Å². The molecule has 1 atom stereocenters. The molecule has 1 fully saturated rings. The molecule has 0 aromatic heterocycles. The first-order valence-corrected chi connectivity index (χ1v) is 11.1. The van der Waals surface area contributed by atoms with Gasteiger partial charge in [0.2, 0.25) is 0 Å². The molecule has 0 bridgehead atoms. The third-order valence-electron chi connectivity index (χ3n) is 6.51. The summed E-state index contributed by atoms with van der Waals surface area (Å²) in [6.45, 7) is 2.10. The predicted molar refractivity (Wildman–Crippen MR) is 117 cm³/mol.